The highest BCUT2D eigenvalue weighted by molar-refractivity contribution is 5.68. The van der Waals surface area contributed by atoms with Crippen LogP contribution in [0.1, 0.15) is 38.7 Å². The third kappa shape index (κ3) is 2.44. The van der Waals surface area contributed by atoms with Gasteiger partial charge in [0.05, 0.1) is 0 Å². The van der Waals surface area contributed by atoms with E-state index >= 15 is 0 Å². The molecule has 0 saturated carbocycles. The van der Waals surface area contributed by atoms with E-state index in [0.717, 1.165) is 5.92 Å². The second kappa shape index (κ2) is 5.16. The molecule has 0 nitrogen and oxygen atoms in total. The molecule has 0 heteroatoms. The fourth-order valence-corrected chi connectivity index (χ4v) is 2.22. The summed E-state index contributed by atoms with van der Waals surface area (Å²) in [4.78, 5) is 0. The van der Waals surface area contributed by atoms with E-state index < -0.39 is 0 Å². The number of rotatable bonds is 3. The predicted octanol–water partition coefficient (Wildman–Crippen LogP) is 4.84. The van der Waals surface area contributed by atoms with E-state index in [-0.39, 0.29) is 0 Å². The average molecular weight is 212 g/mol. The maximum Gasteiger partial charge on any atom is -0.0224 e. The first-order valence-electron chi connectivity index (χ1n) is 6.26. The Bertz CT molecular complexity index is 395. The van der Waals surface area contributed by atoms with Crippen LogP contribution < -0.4 is 0 Å². The number of hydrogen-bond donors (Lipinski definition) is 0. The summed E-state index contributed by atoms with van der Waals surface area (Å²) in [5.41, 5.74) is 4.47. The van der Waals surface area contributed by atoms with Gasteiger partial charge in [-0.25, -0.2) is 0 Å². The molecule has 1 aromatic rings. The summed E-state index contributed by atoms with van der Waals surface area (Å²) in [6.07, 6.45) is 8.32. The molecule has 0 N–H and O–H groups in total. The molecule has 84 valence electrons. The Balaban J connectivity index is 2.17. The zero-order chi connectivity index (χ0) is 11.4. The summed E-state index contributed by atoms with van der Waals surface area (Å²) in [6, 6.07) is 10.7. The van der Waals surface area contributed by atoms with Gasteiger partial charge in [0.1, 0.15) is 0 Å². The molecule has 0 aliphatic heterocycles. The van der Waals surface area contributed by atoms with Crippen molar-refractivity contribution >= 4 is 5.57 Å². The molecule has 1 atom stereocenters. The molecule has 1 aromatic carbocycles. The zero-order valence-electron chi connectivity index (χ0n) is 10.2. The number of allylic oxidation sites excluding steroid dienone is 4. The van der Waals surface area contributed by atoms with Crippen molar-refractivity contribution in [3.05, 3.63) is 53.6 Å². The minimum Gasteiger partial charge on any atom is -0.0671 e. The lowest BCUT2D eigenvalue weighted by Gasteiger charge is -2.19. The van der Waals surface area contributed by atoms with Crippen molar-refractivity contribution < 1.29 is 0 Å². The first-order valence-corrected chi connectivity index (χ1v) is 6.26. The van der Waals surface area contributed by atoms with Crippen LogP contribution in [0, 0.1) is 5.92 Å². The van der Waals surface area contributed by atoms with Crippen LogP contribution in [-0.2, 0) is 0 Å². The fourth-order valence-electron chi connectivity index (χ4n) is 2.22. The Morgan fingerprint density at radius 2 is 1.81 bits per heavy atom. The van der Waals surface area contributed by atoms with Crippen molar-refractivity contribution in [3.8, 4) is 0 Å². The molecule has 0 fully saturated rings. The second-order valence-electron chi connectivity index (χ2n) is 4.61. The molecule has 1 aliphatic carbocycles. The van der Waals surface area contributed by atoms with Gasteiger partial charge in [0.25, 0.3) is 0 Å². The largest absolute Gasteiger partial charge is 0.0671 e. The molecule has 1 aliphatic rings. The topological polar surface area (TPSA) is 0 Å². The first-order chi connectivity index (χ1) is 7.81. The summed E-state index contributed by atoms with van der Waals surface area (Å²) in [6.45, 7) is 4.59. The Hall–Kier alpha value is -1.30. The Morgan fingerprint density at radius 1 is 1.06 bits per heavy atom. The van der Waals surface area contributed by atoms with E-state index in [0.29, 0.717) is 0 Å². The van der Waals surface area contributed by atoms with Crippen LogP contribution >= 0.6 is 0 Å². The molecule has 0 saturated heterocycles. The summed E-state index contributed by atoms with van der Waals surface area (Å²) in [7, 11) is 0. The van der Waals surface area contributed by atoms with Gasteiger partial charge >= 0.3 is 0 Å². The third-order valence-electron chi connectivity index (χ3n) is 3.57. The Morgan fingerprint density at radius 3 is 2.38 bits per heavy atom. The van der Waals surface area contributed by atoms with Gasteiger partial charge in [-0.3, -0.25) is 0 Å². The highest BCUT2D eigenvalue weighted by atomic mass is 14.2. The molecule has 0 heterocycles. The summed E-state index contributed by atoms with van der Waals surface area (Å²) in [5.74, 6) is 0.744. The Labute approximate surface area is 98.7 Å². The van der Waals surface area contributed by atoms with Crippen LogP contribution in [-0.4, -0.2) is 0 Å². The lowest BCUT2D eigenvalue weighted by molar-refractivity contribution is 0.623. The number of benzene rings is 1. The van der Waals surface area contributed by atoms with Crippen LogP contribution in [0.5, 0.6) is 0 Å². The van der Waals surface area contributed by atoms with E-state index in [1.54, 1.807) is 5.57 Å². The quantitative estimate of drug-likeness (QED) is 0.672. The van der Waals surface area contributed by atoms with Gasteiger partial charge < -0.3 is 0 Å². The number of hydrogen-bond acceptors (Lipinski definition) is 0. The normalized spacial score (nSPS) is 17.6. The summed E-state index contributed by atoms with van der Waals surface area (Å²) >= 11 is 0. The molecular weight excluding hydrogens is 192 g/mol. The molecule has 16 heavy (non-hydrogen) atoms. The highest BCUT2D eigenvalue weighted by Gasteiger charge is 2.11. The molecule has 0 spiro atoms. The van der Waals surface area contributed by atoms with Gasteiger partial charge in [-0.15, -0.1) is 0 Å². The lowest BCUT2D eigenvalue weighted by Crippen LogP contribution is -2.01. The second-order valence-corrected chi connectivity index (χ2v) is 4.61. The fraction of sp³-hybridized carbons (Fsp3) is 0.375. The van der Waals surface area contributed by atoms with Gasteiger partial charge in [0.15, 0.2) is 0 Å². The van der Waals surface area contributed by atoms with Gasteiger partial charge in [0.2, 0.25) is 0 Å². The maximum absolute atomic E-state index is 2.33. The zero-order valence-corrected chi connectivity index (χ0v) is 10.2. The molecule has 0 aromatic heterocycles. The van der Waals surface area contributed by atoms with Crippen molar-refractivity contribution in [2.45, 2.75) is 33.1 Å². The van der Waals surface area contributed by atoms with E-state index in [4.69, 9.17) is 0 Å². The van der Waals surface area contributed by atoms with E-state index in [9.17, 15) is 0 Å². The van der Waals surface area contributed by atoms with Gasteiger partial charge in [0, 0.05) is 0 Å². The van der Waals surface area contributed by atoms with E-state index in [2.05, 4.69) is 56.3 Å². The summed E-state index contributed by atoms with van der Waals surface area (Å²) in [5, 5.41) is 0. The van der Waals surface area contributed by atoms with Crippen molar-refractivity contribution in [2.75, 3.05) is 0 Å². The van der Waals surface area contributed by atoms with E-state index in [1.807, 2.05) is 0 Å². The SMILES string of the molecule is CCC(C)C1=CC=C(c2ccccc2)CC1. The van der Waals surface area contributed by atoms with E-state index in [1.165, 1.54) is 30.4 Å². The lowest BCUT2D eigenvalue weighted by atomic mass is 9.87. The standard InChI is InChI=1S/C16H20/c1-3-13(2)14-9-11-16(12-10-14)15-7-5-4-6-8-15/h4-9,11,13H,3,10,12H2,1-2H3. The molecule has 0 bridgehead atoms. The predicted molar refractivity (Wildman–Crippen MR) is 71.2 cm³/mol. The first kappa shape index (κ1) is 11.2. The van der Waals surface area contributed by atoms with Crippen LogP contribution in [0.3, 0.4) is 0 Å². The average Bonchev–Trinajstić information content (AvgIpc) is 2.39. The monoisotopic (exact) mass is 212 g/mol. The van der Waals surface area contributed by atoms with Crippen LogP contribution in [0.15, 0.2) is 48.1 Å². The van der Waals surface area contributed by atoms with Crippen molar-refractivity contribution in [2.24, 2.45) is 5.92 Å². The minimum absolute atomic E-state index is 0.744. The summed E-state index contributed by atoms with van der Waals surface area (Å²) < 4.78 is 0. The molecule has 0 amide bonds. The van der Waals surface area contributed by atoms with Gasteiger partial charge in [-0.2, -0.15) is 0 Å². The molecule has 1 unspecified atom stereocenters. The third-order valence-corrected chi connectivity index (χ3v) is 3.57. The van der Waals surface area contributed by atoms with Gasteiger partial charge in [-0.1, -0.05) is 61.9 Å². The molecule has 0 radical (unpaired) electrons. The minimum atomic E-state index is 0.744. The van der Waals surface area contributed by atoms with Crippen molar-refractivity contribution in [1.82, 2.24) is 0 Å². The molecule has 2 rings (SSSR count). The smallest absolute Gasteiger partial charge is 0.0224 e. The van der Waals surface area contributed by atoms with Crippen LogP contribution in [0.25, 0.3) is 5.57 Å². The highest BCUT2D eigenvalue weighted by Crippen LogP contribution is 2.30. The van der Waals surface area contributed by atoms with Crippen LogP contribution in [0.2, 0.25) is 0 Å². The van der Waals surface area contributed by atoms with Gasteiger partial charge in [-0.05, 0) is 36.3 Å². The molecular formula is C16H20. The van der Waals surface area contributed by atoms with Crippen LogP contribution in [0.4, 0.5) is 0 Å². The van der Waals surface area contributed by atoms with Crippen molar-refractivity contribution in [1.29, 1.82) is 0 Å². The van der Waals surface area contributed by atoms with Crippen molar-refractivity contribution in [3.63, 3.8) is 0 Å². The maximum atomic E-state index is 2.33. The Kier molecular flexibility index (Phi) is 3.61.